The minimum Gasteiger partial charge on any atom is -0.457 e. The van der Waals surface area contributed by atoms with E-state index in [1.807, 2.05) is 12.1 Å². The molecule has 0 unspecified atom stereocenters. The average molecular weight is 348 g/mol. The van der Waals surface area contributed by atoms with Crippen LogP contribution in [0.3, 0.4) is 0 Å². The zero-order valence-corrected chi connectivity index (χ0v) is 14.1. The van der Waals surface area contributed by atoms with Crippen LogP contribution in [0.4, 0.5) is 0 Å². The summed E-state index contributed by atoms with van der Waals surface area (Å²) in [5, 5.41) is 8.98. The molecule has 6 heteroatoms. The molecule has 0 fully saturated rings. The molecule has 0 amide bonds. The number of rotatable bonds is 4. The number of nitrogens with two attached hydrogens (primary N) is 1. The van der Waals surface area contributed by atoms with Gasteiger partial charge < -0.3 is 15.2 Å². The first kappa shape index (κ1) is 17.2. The summed E-state index contributed by atoms with van der Waals surface area (Å²) in [7, 11) is 0. The number of carbonyl (C=O) groups excluding carboxylic acids is 2. The van der Waals surface area contributed by atoms with E-state index in [4.69, 9.17) is 20.5 Å². The minimum absolute atomic E-state index is 0.0929. The molecule has 0 saturated heterocycles. The molecule has 2 aromatic rings. The zero-order valence-electron chi connectivity index (χ0n) is 14.1. The lowest BCUT2D eigenvalue weighted by atomic mass is 9.88. The highest BCUT2D eigenvalue weighted by Crippen LogP contribution is 2.44. The number of Topliss-reactive ketones (excluding diaryl/α,β-unsaturated/α-hetero) is 1. The number of nitrogens with zero attached hydrogens (tertiary/aromatic N) is 1. The van der Waals surface area contributed by atoms with Crippen molar-refractivity contribution in [3.8, 4) is 17.6 Å². The van der Waals surface area contributed by atoms with Gasteiger partial charge in [-0.05, 0) is 19.1 Å². The molecule has 0 atom stereocenters. The van der Waals surface area contributed by atoms with E-state index < -0.39 is 24.3 Å². The standard InChI is InChI=1S/C20H16N2O4/c1-12(22)15(10-21)16(23)11-25-20(24)19-13-6-2-4-8-17(13)26-18-9-5-3-7-14(18)19/h2-9,19H,11,22H2,1H3/b15-12-. The van der Waals surface area contributed by atoms with Crippen LogP contribution in [0, 0.1) is 11.3 Å². The first-order chi connectivity index (χ1) is 12.5. The monoisotopic (exact) mass is 348 g/mol. The number of hydrogen-bond acceptors (Lipinski definition) is 6. The number of para-hydroxylation sites is 2. The highest BCUT2D eigenvalue weighted by Gasteiger charge is 2.34. The molecule has 1 heterocycles. The summed E-state index contributed by atoms with van der Waals surface area (Å²) in [5.74, 6) is -0.801. The van der Waals surface area contributed by atoms with Crippen LogP contribution in [0.2, 0.25) is 0 Å². The fourth-order valence-corrected chi connectivity index (χ4v) is 2.83. The van der Waals surface area contributed by atoms with Crippen molar-refractivity contribution >= 4 is 11.8 Å². The fourth-order valence-electron chi connectivity index (χ4n) is 2.83. The molecule has 1 aliphatic heterocycles. The Morgan fingerprint density at radius 2 is 1.65 bits per heavy atom. The fraction of sp³-hybridized carbons (Fsp3) is 0.150. The van der Waals surface area contributed by atoms with Crippen LogP contribution >= 0.6 is 0 Å². The second kappa shape index (κ2) is 7.11. The third kappa shape index (κ3) is 3.15. The number of ether oxygens (including phenoxy) is 2. The topological polar surface area (TPSA) is 102 Å². The Kier molecular flexibility index (Phi) is 4.72. The van der Waals surface area contributed by atoms with Gasteiger partial charge in [0.15, 0.2) is 6.61 Å². The lowest BCUT2D eigenvalue weighted by Gasteiger charge is -2.26. The van der Waals surface area contributed by atoms with Crippen molar-refractivity contribution in [3.05, 3.63) is 70.9 Å². The van der Waals surface area contributed by atoms with E-state index in [0.717, 1.165) is 0 Å². The summed E-state index contributed by atoms with van der Waals surface area (Å²) >= 11 is 0. The van der Waals surface area contributed by atoms with Gasteiger partial charge in [0.25, 0.3) is 0 Å². The molecular formula is C20H16N2O4. The Morgan fingerprint density at radius 3 is 2.15 bits per heavy atom. The highest BCUT2D eigenvalue weighted by atomic mass is 16.5. The van der Waals surface area contributed by atoms with E-state index in [9.17, 15) is 9.59 Å². The summed E-state index contributed by atoms with van der Waals surface area (Å²) in [6.45, 7) is 0.904. The summed E-state index contributed by atoms with van der Waals surface area (Å²) < 4.78 is 11.0. The van der Waals surface area contributed by atoms with Gasteiger partial charge in [-0.2, -0.15) is 5.26 Å². The Hall–Kier alpha value is -3.59. The first-order valence-corrected chi connectivity index (χ1v) is 7.95. The smallest absolute Gasteiger partial charge is 0.318 e. The summed E-state index contributed by atoms with van der Waals surface area (Å²) in [6.07, 6.45) is 0. The number of allylic oxidation sites excluding steroid dienone is 1. The molecule has 0 aliphatic carbocycles. The number of fused-ring (bicyclic) bond motifs is 2. The van der Waals surface area contributed by atoms with Gasteiger partial charge in [-0.3, -0.25) is 9.59 Å². The molecule has 0 spiro atoms. The van der Waals surface area contributed by atoms with E-state index in [1.165, 1.54) is 6.92 Å². The Morgan fingerprint density at radius 1 is 1.12 bits per heavy atom. The van der Waals surface area contributed by atoms with E-state index in [2.05, 4.69) is 0 Å². The highest BCUT2D eigenvalue weighted by molar-refractivity contribution is 6.01. The van der Waals surface area contributed by atoms with Gasteiger partial charge in [0, 0.05) is 16.8 Å². The molecule has 0 saturated carbocycles. The van der Waals surface area contributed by atoms with Crippen molar-refractivity contribution in [2.24, 2.45) is 5.73 Å². The molecule has 0 bridgehead atoms. The van der Waals surface area contributed by atoms with Crippen molar-refractivity contribution < 1.29 is 19.1 Å². The van der Waals surface area contributed by atoms with E-state index in [1.54, 1.807) is 42.5 Å². The van der Waals surface area contributed by atoms with E-state index >= 15 is 0 Å². The van der Waals surface area contributed by atoms with Crippen LogP contribution in [-0.2, 0) is 14.3 Å². The lowest BCUT2D eigenvalue weighted by Crippen LogP contribution is -2.24. The quantitative estimate of drug-likeness (QED) is 0.518. The number of ketones is 1. The molecule has 1 aliphatic rings. The van der Waals surface area contributed by atoms with Crippen LogP contribution in [-0.4, -0.2) is 18.4 Å². The second-order valence-corrected chi connectivity index (χ2v) is 5.81. The summed E-state index contributed by atoms with van der Waals surface area (Å²) in [5.41, 5.74) is 6.72. The van der Waals surface area contributed by atoms with Crippen LogP contribution in [0.15, 0.2) is 59.8 Å². The third-order valence-corrected chi connectivity index (χ3v) is 4.05. The third-order valence-electron chi connectivity index (χ3n) is 4.05. The molecule has 6 nitrogen and oxygen atoms in total. The lowest BCUT2D eigenvalue weighted by molar-refractivity contribution is -0.147. The van der Waals surface area contributed by atoms with E-state index in [-0.39, 0.29) is 11.3 Å². The van der Waals surface area contributed by atoms with Crippen molar-refractivity contribution in [2.75, 3.05) is 6.61 Å². The Bertz CT molecular complexity index is 907. The first-order valence-electron chi connectivity index (χ1n) is 7.95. The predicted molar refractivity (Wildman–Crippen MR) is 93.3 cm³/mol. The van der Waals surface area contributed by atoms with Gasteiger partial charge in [0.05, 0.1) is 0 Å². The largest absolute Gasteiger partial charge is 0.457 e. The van der Waals surface area contributed by atoms with Crippen LogP contribution < -0.4 is 10.5 Å². The van der Waals surface area contributed by atoms with Crippen molar-refractivity contribution in [1.82, 2.24) is 0 Å². The number of nitriles is 1. The molecule has 2 N–H and O–H groups in total. The average Bonchev–Trinajstić information content (AvgIpc) is 2.64. The van der Waals surface area contributed by atoms with Gasteiger partial charge in [0.2, 0.25) is 5.78 Å². The summed E-state index contributed by atoms with van der Waals surface area (Å²) in [6, 6.07) is 16.1. The molecule has 0 radical (unpaired) electrons. The number of hydrogen-bond donors (Lipinski definition) is 1. The van der Waals surface area contributed by atoms with Crippen molar-refractivity contribution in [1.29, 1.82) is 5.26 Å². The second-order valence-electron chi connectivity index (χ2n) is 5.81. The predicted octanol–water partition coefficient (Wildman–Crippen LogP) is 2.79. The number of esters is 1. The normalized spacial score (nSPS) is 13.4. The minimum atomic E-state index is -0.711. The van der Waals surface area contributed by atoms with Gasteiger partial charge in [-0.1, -0.05) is 36.4 Å². The van der Waals surface area contributed by atoms with E-state index in [0.29, 0.717) is 22.6 Å². The molecule has 130 valence electrons. The SMILES string of the molecule is C/C(N)=C(\C#N)C(=O)COC(=O)C1c2ccccc2Oc2ccccc21. The molecule has 3 rings (SSSR count). The van der Waals surface area contributed by atoms with Crippen molar-refractivity contribution in [2.45, 2.75) is 12.8 Å². The summed E-state index contributed by atoms with van der Waals surface area (Å²) in [4.78, 5) is 24.8. The molecule has 2 aromatic carbocycles. The van der Waals surface area contributed by atoms with Crippen LogP contribution in [0.1, 0.15) is 24.0 Å². The maximum atomic E-state index is 12.7. The van der Waals surface area contributed by atoms with Crippen LogP contribution in [0.5, 0.6) is 11.5 Å². The van der Waals surface area contributed by atoms with Gasteiger partial charge in [-0.15, -0.1) is 0 Å². The van der Waals surface area contributed by atoms with Gasteiger partial charge in [0.1, 0.15) is 29.1 Å². The molecular weight excluding hydrogens is 332 g/mol. The van der Waals surface area contributed by atoms with Crippen LogP contribution in [0.25, 0.3) is 0 Å². The van der Waals surface area contributed by atoms with Gasteiger partial charge >= 0.3 is 5.97 Å². The maximum Gasteiger partial charge on any atom is 0.318 e. The maximum absolute atomic E-state index is 12.7. The Balaban J connectivity index is 1.87. The zero-order chi connectivity index (χ0) is 18.7. The van der Waals surface area contributed by atoms with Gasteiger partial charge in [-0.25, -0.2) is 0 Å². The Labute approximate surface area is 150 Å². The number of carbonyl (C=O) groups is 2. The van der Waals surface area contributed by atoms with Crippen molar-refractivity contribution in [3.63, 3.8) is 0 Å². The number of benzene rings is 2. The molecule has 26 heavy (non-hydrogen) atoms. The molecule has 0 aromatic heterocycles.